The van der Waals surface area contributed by atoms with Gasteiger partial charge in [0.05, 0.1) is 23.6 Å². The van der Waals surface area contributed by atoms with Gasteiger partial charge in [0, 0.05) is 13.0 Å². The lowest BCUT2D eigenvalue weighted by molar-refractivity contribution is -0.145. The molecular formula is C17H18ClF4NO4. The second kappa shape index (κ2) is 8.77. The van der Waals surface area contributed by atoms with Gasteiger partial charge in [0.15, 0.2) is 6.23 Å². The maximum atomic E-state index is 14.1. The SMILES string of the molecule is CCOC(=O)OC1CCCCN1C(=O)Cc1cc(Cl)c(C(F)(F)F)cc1F. The molecule has 0 N–H and O–H groups in total. The average molecular weight is 412 g/mol. The summed E-state index contributed by atoms with van der Waals surface area (Å²) in [5.74, 6) is -1.77. The van der Waals surface area contributed by atoms with E-state index in [0.717, 1.165) is 6.07 Å². The molecule has 1 fully saturated rings. The molecule has 1 heterocycles. The van der Waals surface area contributed by atoms with Crippen LogP contribution in [0.15, 0.2) is 12.1 Å². The van der Waals surface area contributed by atoms with Gasteiger partial charge >= 0.3 is 12.3 Å². The number of nitrogens with zero attached hydrogens (tertiary/aromatic N) is 1. The van der Waals surface area contributed by atoms with E-state index in [4.69, 9.17) is 16.3 Å². The van der Waals surface area contributed by atoms with Crippen molar-refractivity contribution in [2.75, 3.05) is 13.2 Å². The number of hydrogen-bond acceptors (Lipinski definition) is 4. The number of rotatable bonds is 4. The van der Waals surface area contributed by atoms with Gasteiger partial charge in [0.1, 0.15) is 5.82 Å². The largest absolute Gasteiger partial charge is 0.510 e. The molecule has 1 aromatic rings. The average Bonchev–Trinajstić information content (AvgIpc) is 2.57. The minimum atomic E-state index is -4.80. The fraction of sp³-hybridized carbons (Fsp3) is 0.529. The Morgan fingerprint density at radius 1 is 1.30 bits per heavy atom. The molecule has 1 aliphatic heterocycles. The first-order valence-corrected chi connectivity index (χ1v) is 8.69. The molecule has 5 nitrogen and oxygen atoms in total. The lowest BCUT2D eigenvalue weighted by atomic mass is 10.0. The molecule has 2 rings (SSSR count). The zero-order chi connectivity index (χ0) is 20.2. The zero-order valence-corrected chi connectivity index (χ0v) is 15.2. The summed E-state index contributed by atoms with van der Waals surface area (Å²) in [6, 6.07) is 1.07. The van der Waals surface area contributed by atoms with E-state index in [2.05, 4.69) is 4.74 Å². The number of alkyl halides is 3. The normalized spacial score (nSPS) is 17.6. The molecular weight excluding hydrogens is 394 g/mol. The highest BCUT2D eigenvalue weighted by molar-refractivity contribution is 6.31. The first-order chi connectivity index (χ1) is 12.6. The maximum Gasteiger partial charge on any atom is 0.510 e. The molecule has 0 spiro atoms. The highest BCUT2D eigenvalue weighted by Crippen LogP contribution is 2.36. The van der Waals surface area contributed by atoms with Crippen molar-refractivity contribution in [3.63, 3.8) is 0 Å². The summed E-state index contributed by atoms with van der Waals surface area (Å²) < 4.78 is 62.1. The number of hydrogen-bond donors (Lipinski definition) is 0. The second-order valence-corrected chi connectivity index (χ2v) is 6.34. The van der Waals surface area contributed by atoms with Gasteiger partial charge in [-0.25, -0.2) is 9.18 Å². The van der Waals surface area contributed by atoms with Crippen LogP contribution in [0.2, 0.25) is 5.02 Å². The monoisotopic (exact) mass is 411 g/mol. The molecule has 0 aliphatic carbocycles. The highest BCUT2D eigenvalue weighted by atomic mass is 35.5. The molecule has 1 aliphatic rings. The van der Waals surface area contributed by atoms with E-state index in [-0.39, 0.29) is 24.8 Å². The van der Waals surface area contributed by atoms with Crippen molar-refractivity contribution >= 4 is 23.7 Å². The third-order valence-corrected chi connectivity index (χ3v) is 4.36. The number of piperidine rings is 1. The molecule has 27 heavy (non-hydrogen) atoms. The van der Waals surface area contributed by atoms with Crippen LogP contribution in [0.5, 0.6) is 0 Å². The van der Waals surface area contributed by atoms with Gasteiger partial charge in [-0.15, -0.1) is 0 Å². The molecule has 10 heteroatoms. The quantitative estimate of drug-likeness (QED) is 0.538. The third-order valence-electron chi connectivity index (χ3n) is 4.05. The molecule has 1 aromatic carbocycles. The van der Waals surface area contributed by atoms with Crippen LogP contribution in [-0.2, 0) is 26.9 Å². The van der Waals surface area contributed by atoms with Crippen LogP contribution >= 0.6 is 11.6 Å². The summed E-state index contributed by atoms with van der Waals surface area (Å²) in [4.78, 5) is 25.3. The van der Waals surface area contributed by atoms with Gasteiger partial charge in [-0.1, -0.05) is 11.6 Å². The Bertz CT molecular complexity index is 711. The minimum absolute atomic E-state index is 0.106. The fourth-order valence-electron chi connectivity index (χ4n) is 2.78. The maximum absolute atomic E-state index is 14.1. The molecule has 0 aromatic heterocycles. The van der Waals surface area contributed by atoms with E-state index >= 15 is 0 Å². The lowest BCUT2D eigenvalue weighted by Gasteiger charge is -2.34. The van der Waals surface area contributed by atoms with Gasteiger partial charge < -0.3 is 14.4 Å². The highest BCUT2D eigenvalue weighted by Gasteiger charge is 2.35. The van der Waals surface area contributed by atoms with Crippen LogP contribution in [0.1, 0.15) is 37.3 Å². The predicted octanol–water partition coefficient (Wildman–Crippen LogP) is 4.55. The van der Waals surface area contributed by atoms with Crippen LogP contribution < -0.4 is 0 Å². The van der Waals surface area contributed by atoms with Gasteiger partial charge in [0.25, 0.3) is 0 Å². The van der Waals surface area contributed by atoms with Crippen molar-refractivity contribution in [3.8, 4) is 0 Å². The van der Waals surface area contributed by atoms with Crippen LogP contribution in [0, 0.1) is 5.82 Å². The van der Waals surface area contributed by atoms with Crippen molar-refractivity contribution in [2.24, 2.45) is 0 Å². The van der Waals surface area contributed by atoms with E-state index < -0.39 is 47.3 Å². The predicted molar refractivity (Wildman–Crippen MR) is 87.6 cm³/mol. The summed E-state index contributed by atoms with van der Waals surface area (Å²) >= 11 is 5.59. The van der Waals surface area contributed by atoms with Gasteiger partial charge in [0.2, 0.25) is 5.91 Å². The number of ether oxygens (including phenoxy) is 2. The molecule has 1 unspecified atom stereocenters. The van der Waals surface area contributed by atoms with E-state index in [1.165, 1.54) is 4.90 Å². The summed E-state index contributed by atoms with van der Waals surface area (Å²) in [7, 11) is 0. The lowest BCUT2D eigenvalue weighted by Crippen LogP contribution is -2.46. The number of carbonyl (C=O) groups excluding carboxylic acids is 2. The van der Waals surface area contributed by atoms with Gasteiger partial charge in [-0.2, -0.15) is 13.2 Å². The Morgan fingerprint density at radius 3 is 2.63 bits per heavy atom. The van der Waals surface area contributed by atoms with E-state index in [1.807, 2.05) is 0 Å². The van der Waals surface area contributed by atoms with Crippen molar-refractivity contribution in [1.29, 1.82) is 0 Å². The Labute approximate surface area is 158 Å². The Kier molecular flexibility index (Phi) is 6.91. The molecule has 0 bridgehead atoms. The number of likely N-dealkylation sites (tertiary alicyclic amines) is 1. The summed E-state index contributed by atoms with van der Waals surface area (Å²) in [6.07, 6.45) is -5.33. The summed E-state index contributed by atoms with van der Waals surface area (Å²) in [5.41, 5.74) is -1.57. The van der Waals surface area contributed by atoms with Crippen molar-refractivity contribution < 1.29 is 36.6 Å². The summed E-state index contributed by atoms with van der Waals surface area (Å²) in [6.45, 7) is 1.98. The molecule has 150 valence electrons. The molecule has 0 saturated carbocycles. The van der Waals surface area contributed by atoms with Crippen LogP contribution in [0.25, 0.3) is 0 Å². The molecule has 1 atom stereocenters. The van der Waals surface area contributed by atoms with Crippen molar-refractivity contribution in [2.45, 2.75) is 45.0 Å². The van der Waals surface area contributed by atoms with Crippen LogP contribution in [-0.4, -0.2) is 36.3 Å². The van der Waals surface area contributed by atoms with Gasteiger partial charge in [-0.3, -0.25) is 4.79 Å². The first-order valence-electron chi connectivity index (χ1n) is 8.31. The zero-order valence-electron chi connectivity index (χ0n) is 14.4. The van der Waals surface area contributed by atoms with Crippen molar-refractivity contribution in [3.05, 3.63) is 34.1 Å². The molecule has 1 amide bonds. The number of carbonyl (C=O) groups is 2. The van der Waals surface area contributed by atoms with E-state index in [1.54, 1.807) is 6.92 Å². The van der Waals surface area contributed by atoms with Gasteiger partial charge in [-0.05, 0) is 37.5 Å². The van der Waals surface area contributed by atoms with Crippen LogP contribution in [0.3, 0.4) is 0 Å². The molecule has 0 radical (unpaired) electrons. The first kappa shape index (κ1) is 21.3. The van der Waals surface area contributed by atoms with Crippen LogP contribution in [0.4, 0.5) is 22.4 Å². The number of amides is 1. The summed E-state index contributed by atoms with van der Waals surface area (Å²) in [5, 5.41) is -0.690. The van der Waals surface area contributed by atoms with Crippen molar-refractivity contribution in [1.82, 2.24) is 4.90 Å². The smallest absolute Gasteiger partial charge is 0.435 e. The Hall–Kier alpha value is -2.03. The Balaban J connectivity index is 2.15. The topological polar surface area (TPSA) is 55.8 Å². The Morgan fingerprint density at radius 2 is 2.00 bits per heavy atom. The minimum Gasteiger partial charge on any atom is -0.435 e. The fourth-order valence-corrected chi connectivity index (χ4v) is 3.07. The number of benzene rings is 1. The van der Waals surface area contributed by atoms with E-state index in [9.17, 15) is 27.2 Å². The standard InChI is InChI=1S/C17H18ClF4NO4/c1-2-26-16(25)27-15-5-3-4-6-23(15)14(24)8-10-7-12(18)11(9-13(10)19)17(20,21)22/h7,9,15H,2-6,8H2,1H3. The second-order valence-electron chi connectivity index (χ2n) is 5.94. The number of halogens is 5. The third kappa shape index (κ3) is 5.47. The van der Waals surface area contributed by atoms with E-state index in [0.29, 0.717) is 19.3 Å². The molecule has 1 saturated heterocycles.